The maximum absolute atomic E-state index is 13.1. The van der Waals surface area contributed by atoms with E-state index in [1.807, 2.05) is 0 Å². The first kappa shape index (κ1) is 23.6. The van der Waals surface area contributed by atoms with Gasteiger partial charge in [-0.1, -0.05) is 34.5 Å². The fourth-order valence-electron chi connectivity index (χ4n) is 3.47. The average molecular weight is 544 g/mol. The molecule has 0 spiro atoms. The van der Waals surface area contributed by atoms with Crippen LogP contribution in [0, 0.1) is 6.92 Å². The molecule has 0 saturated carbocycles. The van der Waals surface area contributed by atoms with Gasteiger partial charge in [0.25, 0.3) is 0 Å². The van der Waals surface area contributed by atoms with Crippen molar-refractivity contribution in [1.29, 1.82) is 0 Å². The molecule has 1 N–H and O–H groups in total. The number of imidazole rings is 1. The molecular weight excluding hydrogens is 530 g/mol. The van der Waals surface area contributed by atoms with Gasteiger partial charge in [-0.15, -0.1) is 10.2 Å². The smallest absolute Gasteiger partial charge is 0.417 e. The molecule has 1 aromatic carbocycles. The van der Waals surface area contributed by atoms with Gasteiger partial charge in [-0.05, 0) is 24.6 Å². The number of hydrogen-bond acceptors (Lipinski definition) is 7. The molecule has 1 atom stereocenters. The molecule has 4 heterocycles. The van der Waals surface area contributed by atoms with E-state index in [1.165, 1.54) is 16.7 Å². The van der Waals surface area contributed by atoms with Crippen molar-refractivity contribution in [2.24, 2.45) is 0 Å². The number of fused-ring (bicyclic) bond motifs is 1. The second kappa shape index (κ2) is 8.85. The SMILES string of the molecule is Cc1cc(C(F)(F)F)cn2cc(-c3nnc(-c4cc(Cl)c(OCC5COC(=O)N5)cc4Cl)s3)nc12. The monoisotopic (exact) mass is 543 g/mol. The number of carbonyl (C=O) groups is 1. The first-order chi connectivity index (χ1) is 16.6. The molecule has 1 unspecified atom stereocenters. The minimum Gasteiger partial charge on any atom is -0.490 e. The number of carbonyl (C=O) groups excluding carboxylic acids is 1. The second-order valence-corrected chi connectivity index (χ2v) is 9.48. The zero-order chi connectivity index (χ0) is 24.9. The van der Waals surface area contributed by atoms with Crippen molar-refractivity contribution < 1.29 is 27.4 Å². The molecule has 1 fully saturated rings. The van der Waals surface area contributed by atoms with Crippen molar-refractivity contribution in [3.05, 3.63) is 51.8 Å². The number of nitrogens with one attached hydrogen (secondary N) is 1. The van der Waals surface area contributed by atoms with E-state index in [2.05, 4.69) is 20.5 Å². The molecule has 5 rings (SSSR count). The molecule has 1 aliphatic rings. The molecule has 0 bridgehead atoms. The Morgan fingerprint density at radius 3 is 2.69 bits per heavy atom. The van der Waals surface area contributed by atoms with Gasteiger partial charge in [0, 0.05) is 24.0 Å². The highest BCUT2D eigenvalue weighted by Gasteiger charge is 2.31. The number of cyclic esters (lactones) is 1. The number of alkyl carbamates (subject to hydrolysis) is 1. The fourth-order valence-corrected chi connectivity index (χ4v) is 4.82. The average Bonchev–Trinajstić information content (AvgIpc) is 3.52. The lowest BCUT2D eigenvalue weighted by atomic mass is 10.2. The van der Waals surface area contributed by atoms with Crippen molar-refractivity contribution >= 4 is 46.3 Å². The third-order valence-corrected chi connectivity index (χ3v) is 6.72. The summed E-state index contributed by atoms with van der Waals surface area (Å²) in [6.45, 7) is 1.90. The van der Waals surface area contributed by atoms with E-state index in [0.717, 1.165) is 23.6 Å². The standard InChI is InChI=1S/C21H14Cl2F3N5O3S/c1-9-2-10(21(24,25)26)5-31-6-15(28-17(9)31)19-30-29-18(35-19)12-3-14(23)16(4-13(12)22)33-7-11-8-34-20(32)27-11/h2-6,11H,7-8H2,1H3,(H,27,32). The first-order valence-electron chi connectivity index (χ1n) is 10.0. The van der Waals surface area contributed by atoms with Gasteiger partial charge < -0.3 is 19.2 Å². The van der Waals surface area contributed by atoms with Crippen molar-refractivity contribution in [2.45, 2.75) is 19.1 Å². The number of nitrogens with zero attached hydrogens (tertiary/aromatic N) is 4. The number of aromatic nitrogens is 4. The van der Waals surface area contributed by atoms with Gasteiger partial charge in [-0.25, -0.2) is 9.78 Å². The molecule has 4 aromatic rings. The van der Waals surface area contributed by atoms with Crippen LogP contribution in [0.25, 0.3) is 26.9 Å². The lowest BCUT2D eigenvalue weighted by Gasteiger charge is -2.12. The van der Waals surface area contributed by atoms with Gasteiger partial charge in [0.15, 0.2) is 5.01 Å². The number of halogens is 5. The molecule has 3 aromatic heterocycles. The molecule has 1 saturated heterocycles. The molecule has 8 nitrogen and oxygen atoms in total. The van der Waals surface area contributed by atoms with Crippen molar-refractivity contribution in [3.8, 4) is 27.0 Å². The molecule has 0 radical (unpaired) electrons. The van der Waals surface area contributed by atoms with Gasteiger partial charge in [0.05, 0.1) is 15.6 Å². The number of pyridine rings is 1. The number of benzene rings is 1. The van der Waals surface area contributed by atoms with Crippen LogP contribution in [0.2, 0.25) is 10.0 Å². The van der Waals surface area contributed by atoms with E-state index in [1.54, 1.807) is 13.0 Å². The fraction of sp³-hybridized carbons (Fsp3) is 0.238. The highest BCUT2D eigenvalue weighted by atomic mass is 35.5. The summed E-state index contributed by atoms with van der Waals surface area (Å²) in [6.07, 6.45) is -2.52. The Balaban J connectivity index is 1.40. The summed E-state index contributed by atoms with van der Waals surface area (Å²) in [7, 11) is 0. The highest BCUT2D eigenvalue weighted by Crippen LogP contribution is 2.39. The van der Waals surface area contributed by atoms with Crippen LogP contribution in [0.3, 0.4) is 0 Å². The largest absolute Gasteiger partial charge is 0.490 e. The van der Waals surface area contributed by atoms with E-state index < -0.39 is 17.8 Å². The van der Waals surface area contributed by atoms with Crippen LogP contribution in [0.5, 0.6) is 5.75 Å². The maximum atomic E-state index is 13.1. The summed E-state index contributed by atoms with van der Waals surface area (Å²) >= 11 is 14.0. The van der Waals surface area contributed by atoms with E-state index in [0.29, 0.717) is 43.3 Å². The Hall–Kier alpha value is -3.09. The van der Waals surface area contributed by atoms with Crippen LogP contribution >= 0.6 is 34.5 Å². The molecule has 1 amide bonds. The Kier molecular flexibility index (Phi) is 5.98. The van der Waals surface area contributed by atoms with Gasteiger partial charge in [0.1, 0.15) is 41.4 Å². The Morgan fingerprint density at radius 1 is 1.20 bits per heavy atom. The second-order valence-electron chi connectivity index (χ2n) is 7.69. The lowest BCUT2D eigenvalue weighted by molar-refractivity contribution is -0.137. The number of alkyl halides is 3. The van der Waals surface area contributed by atoms with Crippen LogP contribution in [-0.4, -0.2) is 44.9 Å². The number of rotatable bonds is 5. The van der Waals surface area contributed by atoms with Crippen molar-refractivity contribution in [3.63, 3.8) is 0 Å². The Bertz CT molecular complexity index is 1460. The van der Waals surface area contributed by atoms with Gasteiger partial charge >= 0.3 is 12.3 Å². The van der Waals surface area contributed by atoms with E-state index in [-0.39, 0.29) is 24.3 Å². The predicted octanol–water partition coefficient (Wildman–Crippen LogP) is 5.64. The summed E-state index contributed by atoms with van der Waals surface area (Å²) in [5.74, 6) is 0.322. The van der Waals surface area contributed by atoms with Crippen LogP contribution in [0.4, 0.5) is 18.0 Å². The minimum atomic E-state index is -4.47. The molecular formula is C21H14Cl2F3N5O3S. The third kappa shape index (κ3) is 4.73. The van der Waals surface area contributed by atoms with Crippen molar-refractivity contribution in [1.82, 2.24) is 24.9 Å². The quantitative estimate of drug-likeness (QED) is 0.350. The molecule has 1 aliphatic heterocycles. The molecule has 0 aliphatic carbocycles. The Labute approximate surface area is 209 Å². The zero-order valence-electron chi connectivity index (χ0n) is 17.7. The van der Waals surface area contributed by atoms with Crippen LogP contribution < -0.4 is 10.1 Å². The van der Waals surface area contributed by atoms with Gasteiger partial charge in [0.2, 0.25) is 0 Å². The third-order valence-electron chi connectivity index (χ3n) is 5.14. The maximum Gasteiger partial charge on any atom is 0.417 e. The Morgan fingerprint density at radius 2 is 1.97 bits per heavy atom. The molecule has 182 valence electrons. The number of amides is 1. The number of aryl methyl sites for hydroxylation is 1. The lowest BCUT2D eigenvalue weighted by Crippen LogP contribution is -2.32. The van der Waals surface area contributed by atoms with Crippen LogP contribution in [0.1, 0.15) is 11.1 Å². The summed E-state index contributed by atoms with van der Waals surface area (Å²) in [4.78, 5) is 15.5. The summed E-state index contributed by atoms with van der Waals surface area (Å²) < 4.78 is 51.2. The topological polar surface area (TPSA) is 90.6 Å². The summed E-state index contributed by atoms with van der Waals surface area (Å²) in [5.41, 5.74) is 0.876. The van der Waals surface area contributed by atoms with E-state index >= 15 is 0 Å². The molecule has 14 heteroatoms. The van der Waals surface area contributed by atoms with Crippen LogP contribution in [-0.2, 0) is 10.9 Å². The van der Waals surface area contributed by atoms with Crippen LogP contribution in [0.15, 0.2) is 30.6 Å². The summed E-state index contributed by atoms with van der Waals surface area (Å²) in [5, 5.41) is 12.3. The predicted molar refractivity (Wildman–Crippen MR) is 123 cm³/mol. The van der Waals surface area contributed by atoms with E-state index in [4.69, 9.17) is 32.7 Å². The normalized spacial score (nSPS) is 15.9. The zero-order valence-corrected chi connectivity index (χ0v) is 20.0. The molecule has 35 heavy (non-hydrogen) atoms. The van der Waals surface area contributed by atoms with E-state index in [9.17, 15) is 18.0 Å². The number of hydrogen-bond donors (Lipinski definition) is 1. The van der Waals surface area contributed by atoms with Gasteiger partial charge in [-0.3, -0.25) is 0 Å². The number of ether oxygens (including phenoxy) is 2. The highest BCUT2D eigenvalue weighted by molar-refractivity contribution is 7.18. The first-order valence-corrected chi connectivity index (χ1v) is 11.6. The van der Waals surface area contributed by atoms with Crippen molar-refractivity contribution in [2.75, 3.05) is 13.2 Å². The summed E-state index contributed by atoms with van der Waals surface area (Å²) in [6, 6.07) is 3.86. The van der Waals surface area contributed by atoms with Gasteiger partial charge in [-0.2, -0.15) is 13.2 Å². The minimum absolute atomic E-state index is 0.146.